The molecule has 0 radical (unpaired) electrons. The molecule has 0 aromatic heterocycles. The van der Waals surface area contributed by atoms with E-state index in [1.54, 1.807) is 49.6 Å². The average molecular weight is 444 g/mol. The largest absolute Gasteiger partial charge is 0.497 e. The van der Waals surface area contributed by atoms with E-state index < -0.39 is 0 Å². The highest BCUT2D eigenvalue weighted by Gasteiger charge is 2.67. The molecule has 7 nitrogen and oxygen atoms in total. The summed E-state index contributed by atoms with van der Waals surface area (Å²) in [6, 6.07) is 11.8. The van der Waals surface area contributed by atoms with Crippen molar-refractivity contribution < 1.29 is 23.9 Å². The van der Waals surface area contributed by atoms with Crippen molar-refractivity contribution in [1.82, 2.24) is 0 Å². The van der Waals surface area contributed by atoms with Crippen molar-refractivity contribution in [3.05, 3.63) is 60.2 Å². The van der Waals surface area contributed by atoms with Gasteiger partial charge in [-0.3, -0.25) is 14.4 Å². The van der Waals surface area contributed by atoms with Crippen LogP contribution in [0, 0.1) is 35.5 Å². The van der Waals surface area contributed by atoms with Gasteiger partial charge in [0.05, 0.1) is 37.4 Å². The lowest BCUT2D eigenvalue weighted by atomic mass is 9.63. The number of methoxy groups -OCH3 is 2. The topological polar surface area (TPSA) is 84.9 Å². The Hall–Kier alpha value is -3.61. The number of anilines is 2. The standard InChI is InChI=1S/C26H24N2O5/c1-32-15-6-9-21(33-2)20(11-15)27-24(29)13-4-3-5-14(10-13)28-25(30)22-16-7-8-17(19-12-18(16)19)23(22)26(28)31/h3-11,16-19,22-23H,12H2,1-2H3,(H,27,29)/t16-,17-,18-,19+,22-,23+/m0/s1. The predicted octanol–water partition coefficient (Wildman–Crippen LogP) is 3.51. The molecule has 1 saturated heterocycles. The second-order valence-electron chi connectivity index (χ2n) is 9.24. The molecule has 4 aliphatic carbocycles. The van der Waals surface area contributed by atoms with Crippen LogP contribution in [0.15, 0.2) is 54.6 Å². The number of nitrogens with zero attached hydrogens (tertiary/aromatic N) is 1. The summed E-state index contributed by atoms with van der Waals surface area (Å²) in [5.41, 5.74) is 1.25. The highest BCUT2D eigenvalue weighted by Crippen LogP contribution is 2.65. The highest BCUT2D eigenvalue weighted by atomic mass is 16.5. The first-order chi connectivity index (χ1) is 16.0. The molecule has 2 aromatic rings. The third-order valence-corrected chi connectivity index (χ3v) is 7.68. The number of benzene rings is 2. The molecule has 168 valence electrons. The summed E-state index contributed by atoms with van der Waals surface area (Å²) in [4.78, 5) is 41.1. The molecule has 3 fully saturated rings. The van der Waals surface area contributed by atoms with Crippen LogP contribution in [0.2, 0.25) is 0 Å². The van der Waals surface area contributed by atoms with Gasteiger partial charge in [0.25, 0.3) is 5.91 Å². The highest BCUT2D eigenvalue weighted by molar-refractivity contribution is 6.23. The lowest BCUT2D eigenvalue weighted by Gasteiger charge is -2.37. The average Bonchev–Trinajstić information content (AvgIpc) is 3.62. The lowest BCUT2D eigenvalue weighted by molar-refractivity contribution is -0.124. The molecule has 2 bridgehead atoms. The smallest absolute Gasteiger partial charge is 0.255 e. The Morgan fingerprint density at radius 2 is 1.64 bits per heavy atom. The molecule has 7 rings (SSSR count). The van der Waals surface area contributed by atoms with Gasteiger partial charge >= 0.3 is 0 Å². The summed E-state index contributed by atoms with van der Waals surface area (Å²) in [5.74, 6) is 1.32. The summed E-state index contributed by atoms with van der Waals surface area (Å²) < 4.78 is 10.6. The van der Waals surface area contributed by atoms with Gasteiger partial charge in [0.1, 0.15) is 11.5 Å². The number of ether oxygens (including phenoxy) is 2. The number of nitrogens with one attached hydrogen (secondary N) is 1. The van der Waals surface area contributed by atoms with Crippen LogP contribution in [0.5, 0.6) is 11.5 Å². The van der Waals surface area contributed by atoms with Gasteiger partial charge in [-0.25, -0.2) is 4.90 Å². The van der Waals surface area contributed by atoms with Gasteiger partial charge in [-0.1, -0.05) is 18.2 Å². The van der Waals surface area contributed by atoms with Crippen LogP contribution < -0.4 is 19.7 Å². The van der Waals surface area contributed by atoms with Crippen LogP contribution in [0.3, 0.4) is 0 Å². The van der Waals surface area contributed by atoms with Crippen molar-refractivity contribution in [2.45, 2.75) is 6.42 Å². The Bertz CT molecular complexity index is 1180. The Balaban J connectivity index is 1.28. The summed E-state index contributed by atoms with van der Waals surface area (Å²) in [6.45, 7) is 0. The van der Waals surface area contributed by atoms with Gasteiger partial charge in [0.15, 0.2) is 0 Å². The van der Waals surface area contributed by atoms with Crippen LogP contribution in [0.4, 0.5) is 11.4 Å². The maximum Gasteiger partial charge on any atom is 0.255 e. The number of rotatable bonds is 5. The summed E-state index contributed by atoms with van der Waals surface area (Å²) in [5, 5.41) is 2.84. The molecule has 6 atom stereocenters. The van der Waals surface area contributed by atoms with E-state index in [9.17, 15) is 14.4 Å². The molecular weight excluding hydrogens is 420 g/mol. The van der Waals surface area contributed by atoms with Gasteiger partial charge in [0.2, 0.25) is 11.8 Å². The molecule has 0 spiro atoms. The summed E-state index contributed by atoms with van der Waals surface area (Å²) in [7, 11) is 3.07. The van der Waals surface area contributed by atoms with E-state index in [0.29, 0.717) is 40.3 Å². The molecule has 1 heterocycles. The van der Waals surface area contributed by atoms with E-state index in [2.05, 4.69) is 17.5 Å². The molecule has 2 saturated carbocycles. The van der Waals surface area contributed by atoms with Crippen molar-refractivity contribution in [2.24, 2.45) is 35.5 Å². The Morgan fingerprint density at radius 1 is 0.939 bits per heavy atom. The number of hydrogen-bond donors (Lipinski definition) is 1. The molecule has 5 aliphatic rings. The fourth-order valence-electron chi connectivity index (χ4n) is 6.10. The second-order valence-corrected chi connectivity index (χ2v) is 9.24. The van der Waals surface area contributed by atoms with Gasteiger partial charge in [-0.05, 0) is 60.4 Å². The Kier molecular flexibility index (Phi) is 4.37. The number of hydrogen-bond acceptors (Lipinski definition) is 5. The summed E-state index contributed by atoms with van der Waals surface area (Å²) in [6.07, 6.45) is 5.43. The number of imide groups is 1. The Labute approximate surface area is 191 Å². The maximum absolute atomic E-state index is 13.4. The molecule has 7 heteroatoms. The monoisotopic (exact) mass is 444 g/mol. The lowest BCUT2D eigenvalue weighted by Crippen LogP contribution is -2.40. The molecule has 0 unspecified atom stereocenters. The van der Waals surface area contributed by atoms with E-state index in [-0.39, 0.29) is 41.4 Å². The van der Waals surface area contributed by atoms with E-state index in [0.717, 1.165) is 6.42 Å². The minimum absolute atomic E-state index is 0.137. The zero-order chi connectivity index (χ0) is 22.9. The van der Waals surface area contributed by atoms with Crippen molar-refractivity contribution in [3.8, 4) is 11.5 Å². The molecule has 2 aromatic carbocycles. The van der Waals surface area contributed by atoms with Gasteiger partial charge < -0.3 is 14.8 Å². The molecule has 1 aliphatic heterocycles. The molecule has 1 N–H and O–H groups in total. The van der Waals surface area contributed by atoms with E-state index in [1.807, 2.05) is 0 Å². The number of carbonyl (C=O) groups is 3. The van der Waals surface area contributed by atoms with E-state index in [1.165, 1.54) is 12.0 Å². The minimum atomic E-state index is -0.372. The fraction of sp³-hybridized carbons (Fsp3) is 0.346. The summed E-state index contributed by atoms with van der Waals surface area (Å²) >= 11 is 0. The van der Waals surface area contributed by atoms with Gasteiger partial charge in [-0.15, -0.1) is 0 Å². The zero-order valence-electron chi connectivity index (χ0n) is 18.4. The van der Waals surface area contributed by atoms with Crippen LogP contribution >= 0.6 is 0 Å². The molecule has 33 heavy (non-hydrogen) atoms. The SMILES string of the molecule is COc1ccc(OC)c(NC(=O)c2cccc(N3C(=O)[C@@H]4[C@H]5C=C[C@@H]([C@@H]6C[C@H]56)[C@@H]4C3=O)c2)c1. The van der Waals surface area contributed by atoms with Crippen molar-refractivity contribution in [1.29, 1.82) is 0 Å². The predicted molar refractivity (Wildman–Crippen MR) is 121 cm³/mol. The normalized spacial score (nSPS) is 30.7. The van der Waals surface area contributed by atoms with Crippen molar-refractivity contribution >= 4 is 29.1 Å². The first-order valence-corrected chi connectivity index (χ1v) is 11.2. The Morgan fingerprint density at radius 3 is 2.27 bits per heavy atom. The van der Waals surface area contributed by atoms with Crippen LogP contribution in [0.25, 0.3) is 0 Å². The van der Waals surface area contributed by atoms with Crippen LogP contribution in [0.1, 0.15) is 16.8 Å². The zero-order valence-corrected chi connectivity index (χ0v) is 18.4. The molecule has 3 amide bonds. The number of amides is 3. The van der Waals surface area contributed by atoms with E-state index >= 15 is 0 Å². The van der Waals surface area contributed by atoms with Crippen LogP contribution in [-0.4, -0.2) is 31.9 Å². The van der Waals surface area contributed by atoms with Gasteiger partial charge in [-0.2, -0.15) is 0 Å². The number of carbonyl (C=O) groups excluding carboxylic acids is 3. The van der Waals surface area contributed by atoms with Crippen LogP contribution in [-0.2, 0) is 9.59 Å². The first kappa shape index (κ1) is 20.0. The first-order valence-electron chi connectivity index (χ1n) is 11.2. The number of allylic oxidation sites excluding steroid dienone is 2. The van der Waals surface area contributed by atoms with Gasteiger partial charge in [0, 0.05) is 11.6 Å². The quantitative estimate of drug-likeness (QED) is 0.564. The van der Waals surface area contributed by atoms with E-state index in [4.69, 9.17) is 9.47 Å². The third kappa shape index (κ3) is 2.91. The second kappa shape index (κ2) is 7.20. The van der Waals surface area contributed by atoms with Crippen molar-refractivity contribution in [3.63, 3.8) is 0 Å². The molecular formula is C26H24N2O5. The fourth-order valence-corrected chi connectivity index (χ4v) is 6.10. The minimum Gasteiger partial charge on any atom is -0.497 e. The maximum atomic E-state index is 13.4. The third-order valence-electron chi connectivity index (χ3n) is 7.68. The van der Waals surface area contributed by atoms with Crippen molar-refractivity contribution in [2.75, 3.05) is 24.4 Å².